The molecule has 0 aliphatic rings. The fourth-order valence-corrected chi connectivity index (χ4v) is 4.49. The molecule has 4 rings (SSSR count). The molecule has 0 bridgehead atoms. The standard InChI is InChI=1S/C36H40O5/c1-3-4-5-6-7-8-9-10-27-39-32-23-25-34(26-24-32)40-33-19-11-28(12-20-33)29-13-21-35(22-14-29)41-36(37)30-15-17-31(38-2)18-16-30/h11-26H,3-10,27H2,1-2H3. The summed E-state index contributed by atoms with van der Waals surface area (Å²) in [6.45, 7) is 3.01. The molecule has 0 heterocycles. The van der Waals surface area contributed by atoms with Gasteiger partial charge >= 0.3 is 5.97 Å². The Kier molecular flexibility index (Phi) is 11.7. The van der Waals surface area contributed by atoms with Crippen molar-refractivity contribution in [2.45, 2.75) is 58.3 Å². The van der Waals surface area contributed by atoms with Gasteiger partial charge in [-0.15, -0.1) is 0 Å². The second-order valence-electron chi connectivity index (χ2n) is 10.1. The van der Waals surface area contributed by atoms with Crippen LogP contribution in [0.3, 0.4) is 0 Å². The van der Waals surface area contributed by atoms with Gasteiger partial charge in [0.05, 0.1) is 19.3 Å². The van der Waals surface area contributed by atoms with Crippen LogP contribution in [0.5, 0.6) is 28.7 Å². The molecule has 0 N–H and O–H groups in total. The molecule has 5 heteroatoms. The Balaban J connectivity index is 1.20. The minimum atomic E-state index is -0.412. The molecule has 0 atom stereocenters. The first-order valence-corrected chi connectivity index (χ1v) is 14.6. The predicted molar refractivity (Wildman–Crippen MR) is 164 cm³/mol. The van der Waals surface area contributed by atoms with E-state index in [1.165, 1.54) is 44.9 Å². The summed E-state index contributed by atoms with van der Waals surface area (Å²) in [5.74, 6) is 3.15. The molecule has 0 radical (unpaired) electrons. The van der Waals surface area contributed by atoms with E-state index in [9.17, 15) is 4.79 Å². The topological polar surface area (TPSA) is 54.0 Å². The lowest BCUT2D eigenvalue weighted by molar-refractivity contribution is 0.0734. The summed E-state index contributed by atoms with van der Waals surface area (Å²) in [4.78, 5) is 12.4. The number of unbranched alkanes of at least 4 members (excludes halogenated alkanes) is 7. The Morgan fingerprint density at radius 3 is 1.56 bits per heavy atom. The average molecular weight is 553 g/mol. The summed E-state index contributed by atoms with van der Waals surface area (Å²) in [7, 11) is 1.59. The van der Waals surface area contributed by atoms with E-state index in [0.29, 0.717) is 17.1 Å². The van der Waals surface area contributed by atoms with Crippen molar-refractivity contribution in [1.82, 2.24) is 0 Å². The molecule has 0 saturated carbocycles. The molecule has 4 aromatic carbocycles. The lowest BCUT2D eigenvalue weighted by Crippen LogP contribution is -2.08. The molecule has 41 heavy (non-hydrogen) atoms. The molecule has 0 aromatic heterocycles. The smallest absolute Gasteiger partial charge is 0.343 e. The molecule has 0 amide bonds. The normalized spacial score (nSPS) is 10.7. The zero-order valence-corrected chi connectivity index (χ0v) is 24.1. The Hall–Kier alpha value is -4.25. The van der Waals surface area contributed by atoms with Crippen molar-refractivity contribution < 1.29 is 23.7 Å². The number of methoxy groups -OCH3 is 1. The van der Waals surface area contributed by atoms with Gasteiger partial charge in [-0.3, -0.25) is 0 Å². The maximum Gasteiger partial charge on any atom is 0.343 e. The van der Waals surface area contributed by atoms with Gasteiger partial charge in [0.15, 0.2) is 0 Å². The number of carbonyl (C=O) groups excluding carboxylic acids is 1. The molecule has 0 unspecified atom stereocenters. The predicted octanol–water partition coefficient (Wildman–Crippen LogP) is 9.89. The monoisotopic (exact) mass is 552 g/mol. The zero-order chi connectivity index (χ0) is 28.7. The Morgan fingerprint density at radius 1 is 0.537 bits per heavy atom. The molecule has 0 fully saturated rings. The third-order valence-electron chi connectivity index (χ3n) is 6.90. The second-order valence-corrected chi connectivity index (χ2v) is 10.1. The Bertz CT molecular complexity index is 1310. The number of carbonyl (C=O) groups is 1. The van der Waals surface area contributed by atoms with Crippen molar-refractivity contribution in [3.8, 4) is 39.9 Å². The number of esters is 1. The molecule has 5 nitrogen and oxygen atoms in total. The minimum absolute atomic E-state index is 0.412. The number of hydrogen-bond acceptors (Lipinski definition) is 5. The van der Waals surface area contributed by atoms with Crippen LogP contribution in [0.4, 0.5) is 0 Å². The largest absolute Gasteiger partial charge is 0.497 e. The Morgan fingerprint density at radius 2 is 1.00 bits per heavy atom. The highest BCUT2D eigenvalue weighted by Gasteiger charge is 2.09. The van der Waals surface area contributed by atoms with Crippen molar-refractivity contribution in [1.29, 1.82) is 0 Å². The molecule has 0 saturated heterocycles. The number of rotatable bonds is 16. The van der Waals surface area contributed by atoms with Crippen molar-refractivity contribution in [2.24, 2.45) is 0 Å². The summed E-state index contributed by atoms with van der Waals surface area (Å²) in [5, 5.41) is 0. The van der Waals surface area contributed by atoms with Crippen molar-refractivity contribution >= 4 is 5.97 Å². The van der Waals surface area contributed by atoms with Crippen LogP contribution in [0.1, 0.15) is 68.6 Å². The van der Waals surface area contributed by atoms with Gasteiger partial charge in [0.2, 0.25) is 0 Å². The highest BCUT2D eigenvalue weighted by molar-refractivity contribution is 5.91. The molecule has 0 aliphatic heterocycles. The summed E-state index contributed by atoms with van der Waals surface area (Å²) in [6.07, 6.45) is 10.3. The summed E-state index contributed by atoms with van der Waals surface area (Å²) >= 11 is 0. The zero-order valence-electron chi connectivity index (χ0n) is 24.1. The first kappa shape index (κ1) is 29.7. The summed E-state index contributed by atoms with van der Waals surface area (Å²) in [6, 6.07) is 30.0. The summed E-state index contributed by atoms with van der Waals surface area (Å²) in [5.41, 5.74) is 2.51. The van der Waals surface area contributed by atoms with Crippen LogP contribution < -0.4 is 18.9 Å². The van der Waals surface area contributed by atoms with Gasteiger partial charge in [0.1, 0.15) is 28.7 Å². The van der Waals surface area contributed by atoms with E-state index in [1.54, 1.807) is 43.5 Å². The third-order valence-corrected chi connectivity index (χ3v) is 6.90. The van der Waals surface area contributed by atoms with E-state index in [0.717, 1.165) is 41.4 Å². The van der Waals surface area contributed by atoms with Gasteiger partial charge in [-0.05, 0) is 90.3 Å². The van der Waals surface area contributed by atoms with Crippen LogP contribution in [0, 0.1) is 0 Å². The minimum Gasteiger partial charge on any atom is -0.497 e. The first-order valence-electron chi connectivity index (χ1n) is 14.6. The van der Waals surface area contributed by atoms with Crippen LogP contribution in [0.15, 0.2) is 97.1 Å². The van der Waals surface area contributed by atoms with Gasteiger partial charge in [0.25, 0.3) is 0 Å². The maximum absolute atomic E-state index is 12.4. The maximum atomic E-state index is 12.4. The third kappa shape index (κ3) is 9.71. The lowest BCUT2D eigenvalue weighted by atomic mass is 10.1. The number of ether oxygens (including phenoxy) is 4. The quantitative estimate of drug-likeness (QED) is 0.0786. The van der Waals surface area contributed by atoms with Gasteiger partial charge in [-0.25, -0.2) is 4.79 Å². The number of benzene rings is 4. The molecule has 0 spiro atoms. The molecule has 0 aliphatic carbocycles. The van der Waals surface area contributed by atoms with E-state index < -0.39 is 5.97 Å². The summed E-state index contributed by atoms with van der Waals surface area (Å²) < 4.78 is 22.5. The highest BCUT2D eigenvalue weighted by atomic mass is 16.5. The highest BCUT2D eigenvalue weighted by Crippen LogP contribution is 2.28. The van der Waals surface area contributed by atoms with Crippen molar-refractivity contribution in [3.05, 3.63) is 103 Å². The van der Waals surface area contributed by atoms with E-state index in [2.05, 4.69) is 6.92 Å². The lowest BCUT2D eigenvalue weighted by Gasteiger charge is -2.10. The number of hydrogen-bond donors (Lipinski definition) is 0. The Labute approximate surface area is 244 Å². The van der Waals surface area contributed by atoms with Crippen LogP contribution in [-0.4, -0.2) is 19.7 Å². The van der Waals surface area contributed by atoms with Gasteiger partial charge in [-0.1, -0.05) is 76.1 Å². The van der Waals surface area contributed by atoms with Crippen LogP contribution in [-0.2, 0) is 0 Å². The second kappa shape index (κ2) is 16.1. The van der Waals surface area contributed by atoms with Crippen molar-refractivity contribution in [2.75, 3.05) is 13.7 Å². The van der Waals surface area contributed by atoms with Gasteiger partial charge < -0.3 is 18.9 Å². The van der Waals surface area contributed by atoms with Gasteiger partial charge in [0, 0.05) is 0 Å². The van der Waals surface area contributed by atoms with E-state index in [-0.39, 0.29) is 0 Å². The molecule has 214 valence electrons. The molecular formula is C36H40O5. The van der Waals surface area contributed by atoms with Crippen molar-refractivity contribution in [3.63, 3.8) is 0 Å². The van der Waals surface area contributed by atoms with E-state index in [1.807, 2.05) is 60.7 Å². The van der Waals surface area contributed by atoms with E-state index >= 15 is 0 Å². The van der Waals surface area contributed by atoms with Gasteiger partial charge in [-0.2, -0.15) is 0 Å². The fourth-order valence-electron chi connectivity index (χ4n) is 4.49. The fraction of sp³-hybridized carbons (Fsp3) is 0.306. The van der Waals surface area contributed by atoms with Crippen LogP contribution in [0.25, 0.3) is 11.1 Å². The van der Waals surface area contributed by atoms with Crippen LogP contribution in [0.2, 0.25) is 0 Å². The SMILES string of the molecule is CCCCCCCCCCOc1ccc(Oc2ccc(-c3ccc(OC(=O)c4ccc(OC)cc4)cc3)cc2)cc1. The molecular weight excluding hydrogens is 512 g/mol. The first-order chi connectivity index (χ1) is 20.1. The molecule has 4 aromatic rings. The average Bonchev–Trinajstić information content (AvgIpc) is 3.02. The van der Waals surface area contributed by atoms with Crippen LogP contribution >= 0.6 is 0 Å². The van der Waals surface area contributed by atoms with E-state index in [4.69, 9.17) is 18.9 Å².